The molecular formula is C11H18N2. The van der Waals surface area contributed by atoms with Gasteiger partial charge in [0.1, 0.15) is 0 Å². The molecule has 0 amide bonds. The van der Waals surface area contributed by atoms with Crippen LogP contribution in [-0.2, 0) is 0 Å². The molecular weight excluding hydrogens is 160 g/mol. The van der Waals surface area contributed by atoms with Gasteiger partial charge >= 0.3 is 0 Å². The van der Waals surface area contributed by atoms with Gasteiger partial charge in [0.2, 0.25) is 0 Å². The Morgan fingerprint density at radius 3 is 2.62 bits per heavy atom. The van der Waals surface area contributed by atoms with Crippen molar-refractivity contribution in [1.29, 1.82) is 0 Å². The Labute approximate surface area is 80.6 Å². The second kappa shape index (κ2) is 4.17. The molecule has 72 valence electrons. The summed E-state index contributed by atoms with van der Waals surface area (Å²) in [5, 5.41) is 3.20. The molecule has 0 radical (unpaired) electrons. The van der Waals surface area contributed by atoms with Crippen LogP contribution in [0.1, 0.15) is 12.5 Å². The summed E-state index contributed by atoms with van der Waals surface area (Å²) >= 11 is 0. The third-order valence-electron chi connectivity index (χ3n) is 2.31. The van der Waals surface area contributed by atoms with Gasteiger partial charge < -0.3 is 10.2 Å². The lowest BCUT2D eigenvalue weighted by Gasteiger charge is -2.20. The van der Waals surface area contributed by atoms with Gasteiger partial charge in [-0.05, 0) is 31.5 Å². The maximum absolute atomic E-state index is 3.20. The standard InChI is InChI=1S/C11H18N2/c1-5-13(4)11-8-9(2)6-7-10(11)12-3/h6-8,12H,5H2,1-4H3. The number of rotatable bonds is 3. The molecule has 1 rings (SSSR count). The van der Waals surface area contributed by atoms with Crippen LogP contribution < -0.4 is 10.2 Å². The molecule has 2 nitrogen and oxygen atoms in total. The van der Waals surface area contributed by atoms with E-state index in [1.54, 1.807) is 0 Å². The molecule has 0 fully saturated rings. The lowest BCUT2D eigenvalue weighted by atomic mass is 10.2. The molecule has 1 aromatic carbocycles. The summed E-state index contributed by atoms with van der Waals surface area (Å²) in [6, 6.07) is 6.45. The molecule has 0 aromatic heterocycles. The number of nitrogens with zero attached hydrogens (tertiary/aromatic N) is 1. The average molecular weight is 178 g/mol. The molecule has 0 saturated carbocycles. The van der Waals surface area contributed by atoms with Crippen molar-refractivity contribution in [3.63, 3.8) is 0 Å². The molecule has 0 saturated heterocycles. The lowest BCUT2D eigenvalue weighted by Crippen LogP contribution is -2.17. The van der Waals surface area contributed by atoms with Gasteiger partial charge in [0.15, 0.2) is 0 Å². The van der Waals surface area contributed by atoms with E-state index in [2.05, 4.69) is 49.3 Å². The fourth-order valence-electron chi connectivity index (χ4n) is 1.34. The maximum Gasteiger partial charge on any atom is 0.0601 e. The van der Waals surface area contributed by atoms with Crippen molar-refractivity contribution in [1.82, 2.24) is 0 Å². The summed E-state index contributed by atoms with van der Waals surface area (Å²) in [4.78, 5) is 2.23. The Morgan fingerprint density at radius 1 is 1.38 bits per heavy atom. The number of hydrogen-bond donors (Lipinski definition) is 1. The summed E-state index contributed by atoms with van der Waals surface area (Å²) < 4.78 is 0. The highest BCUT2D eigenvalue weighted by Gasteiger charge is 2.03. The van der Waals surface area contributed by atoms with Gasteiger partial charge in [-0.3, -0.25) is 0 Å². The number of nitrogens with one attached hydrogen (secondary N) is 1. The predicted octanol–water partition coefficient (Wildman–Crippen LogP) is 2.49. The molecule has 2 heteroatoms. The van der Waals surface area contributed by atoms with Gasteiger partial charge in [-0.15, -0.1) is 0 Å². The number of benzene rings is 1. The highest BCUT2D eigenvalue weighted by molar-refractivity contribution is 5.70. The quantitative estimate of drug-likeness (QED) is 0.765. The van der Waals surface area contributed by atoms with Crippen molar-refractivity contribution in [3.8, 4) is 0 Å². The second-order valence-corrected chi connectivity index (χ2v) is 3.28. The van der Waals surface area contributed by atoms with Gasteiger partial charge in [0, 0.05) is 20.6 Å². The predicted molar refractivity (Wildman–Crippen MR) is 59.7 cm³/mol. The minimum Gasteiger partial charge on any atom is -0.386 e. The van der Waals surface area contributed by atoms with Crippen molar-refractivity contribution in [2.75, 3.05) is 30.9 Å². The second-order valence-electron chi connectivity index (χ2n) is 3.28. The first-order valence-electron chi connectivity index (χ1n) is 4.68. The molecule has 0 aliphatic carbocycles. The van der Waals surface area contributed by atoms with E-state index in [0.717, 1.165) is 6.54 Å². The van der Waals surface area contributed by atoms with Crippen LogP contribution in [0.2, 0.25) is 0 Å². The van der Waals surface area contributed by atoms with Crippen molar-refractivity contribution in [2.24, 2.45) is 0 Å². The number of aryl methyl sites for hydroxylation is 1. The smallest absolute Gasteiger partial charge is 0.0601 e. The molecule has 0 aliphatic heterocycles. The monoisotopic (exact) mass is 178 g/mol. The third kappa shape index (κ3) is 2.14. The molecule has 0 unspecified atom stereocenters. The van der Waals surface area contributed by atoms with Crippen LogP contribution in [0, 0.1) is 6.92 Å². The van der Waals surface area contributed by atoms with Crippen LogP contribution in [0.3, 0.4) is 0 Å². The van der Waals surface area contributed by atoms with Crippen LogP contribution in [0.4, 0.5) is 11.4 Å². The Morgan fingerprint density at radius 2 is 2.08 bits per heavy atom. The van der Waals surface area contributed by atoms with Crippen LogP contribution in [0.15, 0.2) is 18.2 Å². The fraction of sp³-hybridized carbons (Fsp3) is 0.455. The van der Waals surface area contributed by atoms with Crippen molar-refractivity contribution in [2.45, 2.75) is 13.8 Å². The minimum absolute atomic E-state index is 1.03. The first-order chi connectivity index (χ1) is 6.19. The Bertz CT molecular complexity index is 281. The lowest BCUT2D eigenvalue weighted by molar-refractivity contribution is 0.967. The SMILES string of the molecule is CCN(C)c1cc(C)ccc1NC. The summed E-state index contributed by atoms with van der Waals surface area (Å²) in [6.45, 7) is 5.30. The average Bonchev–Trinajstić information content (AvgIpc) is 2.16. The maximum atomic E-state index is 3.20. The molecule has 0 aliphatic rings. The number of hydrogen-bond acceptors (Lipinski definition) is 2. The molecule has 1 N–H and O–H groups in total. The van der Waals surface area contributed by atoms with Crippen LogP contribution in [0.25, 0.3) is 0 Å². The molecule has 0 heterocycles. The van der Waals surface area contributed by atoms with Crippen LogP contribution in [-0.4, -0.2) is 20.6 Å². The van der Waals surface area contributed by atoms with E-state index in [4.69, 9.17) is 0 Å². The first-order valence-corrected chi connectivity index (χ1v) is 4.68. The molecule has 0 atom stereocenters. The molecule has 1 aromatic rings. The Hall–Kier alpha value is -1.18. The van der Waals surface area contributed by atoms with Crippen molar-refractivity contribution in [3.05, 3.63) is 23.8 Å². The zero-order valence-electron chi connectivity index (χ0n) is 8.89. The van der Waals surface area contributed by atoms with E-state index in [1.165, 1.54) is 16.9 Å². The highest BCUT2D eigenvalue weighted by Crippen LogP contribution is 2.25. The summed E-state index contributed by atoms with van der Waals surface area (Å²) in [5.41, 5.74) is 3.76. The molecule has 13 heavy (non-hydrogen) atoms. The summed E-state index contributed by atoms with van der Waals surface area (Å²) in [5.74, 6) is 0. The Kier molecular flexibility index (Phi) is 3.18. The number of anilines is 2. The normalized spacial score (nSPS) is 9.85. The van der Waals surface area contributed by atoms with Gasteiger partial charge in [-0.25, -0.2) is 0 Å². The third-order valence-corrected chi connectivity index (χ3v) is 2.31. The highest BCUT2D eigenvalue weighted by atomic mass is 15.1. The van der Waals surface area contributed by atoms with E-state index in [0.29, 0.717) is 0 Å². The van der Waals surface area contributed by atoms with E-state index in [1.807, 2.05) is 7.05 Å². The molecule has 0 spiro atoms. The van der Waals surface area contributed by atoms with Crippen LogP contribution >= 0.6 is 0 Å². The zero-order valence-corrected chi connectivity index (χ0v) is 8.89. The van der Waals surface area contributed by atoms with Gasteiger partial charge in [0.25, 0.3) is 0 Å². The fourth-order valence-corrected chi connectivity index (χ4v) is 1.34. The molecule has 0 bridgehead atoms. The van der Waals surface area contributed by atoms with E-state index in [9.17, 15) is 0 Å². The van der Waals surface area contributed by atoms with Gasteiger partial charge in [-0.2, -0.15) is 0 Å². The van der Waals surface area contributed by atoms with Crippen molar-refractivity contribution >= 4 is 11.4 Å². The first kappa shape index (κ1) is 9.90. The zero-order chi connectivity index (χ0) is 9.84. The van der Waals surface area contributed by atoms with E-state index >= 15 is 0 Å². The van der Waals surface area contributed by atoms with E-state index < -0.39 is 0 Å². The minimum atomic E-state index is 1.03. The topological polar surface area (TPSA) is 15.3 Å². The Balaban J connectivity index is 3.07. The van der Waals surface area contributed by atoms with Gasteiger partial charge in [0.05, 0.1) is 11.4 Å². The van der Waals surface area contributed by atoms with Gasteiger partial charge in [-0.1, -0.05) is 6.07 Å². The largest absolute Gasteiger partial charge is 0.386 e. The van der Waals surface area contributed by atoms with Crippen molar-refractivity contribution < 1.29 is 0 Å². The summed E-state index contributed by atoms with van der Waals surface area (Å²) in [6.07, 6.45) is 0. The van der Waals surface area contributed by atoms with E-state index in [-0.39, 0.29) is 0 Å². The summed E-state index contributed by atoms with van der Waals surface area (Å²) in [7, 11) is 4.06. The van der Waals surface area contributed by atoms with Crippen LogP contribution in [0.5, 0.6) is 0 Å².